The molecule has 5 heteroatoms. The van der Waals surface area contributed by atoms with E-state index in [1.807, 2.05) is 18.2 Å². The Hall–Kier alpha value is -3.21. The van der Waals surface area contributed by atoms with Crippen LogP contribution in [0.3, 0.4) is 0 Å². The molecule has 188 valence electrons. The summed E-state index contributed by atoms with van der Waals surface area (Å²) in [5, 5.41) is 0. The van der Waals surface area contributed by atoms with Crippen molar-refractivity contribution in [2.45, 2.75) is 64.9 Å². The van der Waals surface area contributed by atoms with Crippen LogP contribution < -0.4 is 4.74 Å². The quantitative estimate of drug-likeness (QED) is 0.287. The van der Waals surface area contributed by atoms with Crippen LogP contribution in [0.4, 0.5) is 0 Å². The van der Waals surface area contributed by atoms with Gasteiger partial charge in [0.15, 0.2) is 0 Å². The van der Waals surface area contributed by atoms with Crippen LogP contribution in [0, 0.1) is 23.2 Å². The van der Waals surface area contributed by atoms with Gasteiger partial charge in [0, 0.05) is 24.8 Å². The van der Waals surface area contributed by atoms with Crippen molar-refractivity contribution in [3.05, 3.63) is 77.4 Å². The first-order valence-electron chi connectivity index (χ1n) is 13.1. The summed E-state index contributed by atoms with van der Waals surface area (Å²) >= 11 is 0. The number of ether oxygens (including phenoxy) is 2. The molecule has 0 spiro atoms. The predicted octanol–water partition coefficient (Wildman–Crippen LogP) is 5.95. The highest BCUT2D eigenvalue weighted by atomic mass is 16.6. The molecule has 3 aliphatic rings. The van der Waals surface area contributed by atoms with Gasteiger partial charge in [-0.25, -0.2) is 4.79 Å². The standard InChI is InChI=1S/C31H34O5/c1-20(32)36-29(34)10-6-9-23-18-28(33)31(2)16-15-26-25-14-12-24(35-19-21-7-4-3-5-8-21)17-22(25)11-13-27(26)30(23)31/h3-8,10,12,14,17,23,26-27,30H,9,11,13,15-16,18-19H2,1-2H3/b10-6+/t23-,26+,27+,30-,31+/m0/s1. The van der Waals surface area contributed by atoms with Crippen LogP contribution in [-0.2, 0) is 32.1 Å². The number of hydrogen-bond donors (Lipinski definition) is 0. The fourth-order valence-corrected chi connectivity index (χ4v) is 7.18. The summed E-state index contributed by atoms with van der Waals surface area (Å²) in [6.07, 6.45) is 8.34. The van der Waals surface area contributed by atoms with Crippen molar-refractivity contribution < 1.29 is 23.9 Å². The lowest BCUT2D eigenvalue weighted by Crippen LogP contribution is -2.44. The summed E-state index contributed by atoms with van der Waals surface area (Å²) in [5.74, 6) is 1.45. The van der Waals surface area contributed by atoms with Crippen molar-refractivity contribution in [3.8, 4) is 5.75 Å². The minimum absolute atomic E-state index is 0.215. The third-order valence-corrected chi connectivity index (χ3v) is 8.73. The maximum Gasteiger partial charge on any atom is 0.338 e. The predicted molar refractivity (Wildman–Crippen MR) is 136 cm³/mol. The van der Waals surface area contributed by atoms with Crippen molar-refractivity contribution in [2.24, 2.45) is 23.2 Å². The van der Waals surface area contributed by atoms with Crippen molar-refractivity contribution in [1.82, 2.24) is 0 Å². The minimum Gasteiger partial charge on any atom is -0.489 e. The lowest BCUT2D eigenvalue weighted by atomic mass is 9.54. The van der Waals surface area contributed by atoms with E-state index in [9.17, 15) is 14.4 Å². The van der Waals surface area contributed by atoms with Gasteiger partial charge in [-0.15, -0.1) is 0 Å². The van der Waals surface area contributed by atoms with Gasteiger partial charge in [-0.1, -0.05) is 49.4 Å². The zero-order chi connectivity index (χ0) is 25.3. The number of allylic oxidation sites excluding steroid dienone is 1. The van der Waals surface area contributed by atoms with Crippen molar-refractivity contribution in [3.63, 3.8) is 0 Å². The molecule has 0 aliphatic heterocycles. The number of Topliss-reactive ketones (excluding diaryl/α,β-unsaturated/α-hetero) is 1. The Kier molecular flexibility index (Phi) is 6.83. The van der Waals surface area contributed by atoms with E-state index in [-0.39, 0.29) is 11.3 Å². The molecule has 36 heavy (non-hydrogen) atoms. The third kappa shape index (κ3) is 4.76. The summed E-state index contributed by atoms with van der Waals surface area (Å²) in [5.41, 5.74) is 3.66. The van der Waals surface area contributed by atoms with E-state index in [0.717, 1.165) is 37.0 Å². The van der Waals surface area contributed by atoms with Crippen molar-refractivity contribution in [2.75, 3.05) is 0 Å². The molecular formula is C31H34O5. The molecule has 5 rings (SSSR count). The average Bonchev–Trinajstić information content (AvgIpc) is 3.12. The highest BCUT2D eigenvalue weighted by molar-refractivity contribution is 5.91. The molecule has 2 aromatic rings. The Morgan fingerprint density at radius 1 is 1.11 bits per heavy atom. The zero-order valence-electron chi connectivity index (χ0n) is 21.1. The van der Waals surface area contributed by atoms with Gasteiger partial charge >= 0.3 is 11.9 Å². The maximum absolute atomic E-state index is 13.2. The maximum atomic E-state index is 13.2. The molecule has 0 heterocycles. The summed E-state index contributed by atoms with van der Waals surface area (Å²) in [4.78, 5) is 35.9. The van der Waals surface area contributed by atoms with Gasteiger partial charge in [-0.05, 0) is 84.6 Å². The first-order chi connectivity index (χ1) is 17.3. The lowest BCUT2D eigenvalue weighted by Gasteiger charge is -2.49. The second-order valence-corrected chi connectivity index (χ2v) is 10.9. The SMILES string of the molecule is CC(=O)OC(=O)/C=C/C[C@H]1CC(=O)[C@@]2(C)CC[C@@H]3c4ccc(OCc5ccccc5)cc4CC[C@H]3[C@H]12. The van der Waals surface area contributed by atoms with Crippen LogP contribution in [0.5, 0.6) is 5.75 Å². The summed E-state index contributed by atoms with van der Waals surface area (Å²) in [6, 6.07) is 16.8. The number of ketones is 1. The van der Waals surface area contributed by atoms with E-state index in [1.165, 1.54) is 24.1 Å². The number of benzene rings is 2. The topological polar surface area (TPSA) is 69.7 Å². The third-order valence-electron chi connectivity index (χ3n) is 8.73. The highest BCUT2D eigenvalue weighted by Gasteiger charge is 2.58. The smallest absolute Gasteiger partial charge is 0.338 e. The molecule has 2 aromatic carbocycles. The molecule has 5 nitrogen and oxygen atoms in total. The van der Waals surface area contributed by atoms with Crippen molar-refractivity contribution >= 4 is 17.7 Å². The molecule has 2 saturated carbocycles. The normalized spacial score (nSPS) is 28.8. The molecular weight excluding hydrogens is 452 g/mol. The Labute approximate surface area is 212 Å². The number of carbonyl (C=O) groups excluding carboxylic acids is 3. The molecule has 0 unspecified atom stereocenters. The second kappa shape index (κ2) is 10.0. The molecule has 0 N–H and O–H groups in total. The van der Waals surface area contributed by atoms with E-state index >= 15 is 0 Å². The fraction of sp³-hybridized carbons (Fsp3) is 0.452. The largest absolute Gasteiger partial charge is 0.489 e. The molecule has 0 amide bonds. The lowest BCUT2D eigenvalue weighted by molar-refractivity contribution is -0.154. The van der Waals surface area contributed by atoms with E-state index in [2.05, 4.69) is 42.0 Å². The average molecular weight is 487 g/mol. The van der Waals surface area contributed by atoms with E-state index in [0.29, 0.717) is 43.0 Å². The van der Waals surface area contributed by atoms with Gasteiger partial charge in [0.25, 0.3) is 0 Å². The minimum atomic E-state index is -0.645. The van der Waals surface area contributed by atoms with E-state index in [4.69, 9.17) is 4.74 Å². The van der Waals surface area contributed by atoms with E-state index in [1.54, 1.807) is 6.08 Å². The zero-order valence-corrected chi connectivity index (χ0v) is 21.1. The summed E-state index contributed by atoms with van der Waals surface area (Å²) < 4.78 is 10.7. The van der Waals surface area contributed by atoms with Gasteiger partial charge in [0.2, 0.25) is 0 Å². The Bertz CT molecular complexity index is 1180. The number of hydrogen-bond acceptors (Lipinski definition) is 5. The molecule has 0 radical (unpaired) electrons. The van der Waals surface area contributed by atoms with Crippen LogP contribution in [0.25, 0.3) is 0 Å². The van der Waals surface area contributed by atoms with Crippen molar-refractivity contribution in [1.29, 1.82) is 0 Å². The number of fused-ring (bicyclic) bond motifs is 5. The van der Waals surface area contributed by atoms with Gasteiger partial charge in [-0.2, -0.15) is 0 Å². The van der Waals surface area contributed by atoms with Gasteiger partial charge < -0.3 is 9.47 Å². The first-order valence-corrected chi connectivity index (χ1v) is 13.1. The molecule has 0 aromatic heterocycles. The number of rotatable bonds is 6. The molecule has 0 bridgehead atoms. The van der Waals surface area contributed by atoms with Crippen LogP contribution >= 0.6 is 0 Å². The first kappa shape index (κ1) is 24.5. The number of aryl methyl sites for hydroxylation is 1. The van der Waals surface area contributed by atoms with Crippen LogP contribution in [0.15, 0.2) is 60.7 Å². The monoisotopic (exact) mass is 486 g/mol. The Morgan fingerprint density at radius 3 is 2.69 bits per heavy atom. The van der Waals surface area contributed by atoms with Crippen LogP contribution in [-0.4, -0.2) is 17.7 Å². The molecule has 0 saturated heterocycles. The molecule has 2 fully saturated rings. The summed E-state index contributed by atoms with van der Waals surface area (Å²) in [7, 11) is 0. The highest BCUT2D eigenvalue weighted by Crippen LogP contribution is 2.62. The van der Waals surface area contributed by atoms with Gasteiger partial charge in [0.05, 0.1) is 0 Å². The number of carbonyl (C=O) groups is 3. The van der Waals surface area contributed by atoms with Gasteiger partial charge in [-0.3, -0.25) is 9.59 Å². The molecule has 3 aliphatic carbocycles. The number of esters is 2. The van der Waals surface area contributed by atoms with Crippen LogP contribution in [0.2, 0.25) is 0 Å². The Morgan fingerprint density at radius 2 is 1.92 bits per heavy atom. The summed E-state index contributed by atoms with van der Waals surface area (Å²) in [6.45, 7) is 3.94. The molecule has 5 atom stereocenters. The van der Waals surface area contributed by atoms with E-state index < -0.39 is 11.9 Å². The van der Waals surface area contributed by atoms with Gasteiger partial charge in [0.1, 0.15) is 18.1 Å². The second-order valence-electron chi connectivity index (χ2n) is 10.9. The van der Waals surface area contributed by atoms with Crippen LogP contribution in [0.1, 0.15) is 68.6 Å². The Balaban J connectivity index is 1.31. The fourth-order valence-electron chi connectivity index (χ4n) is 7.18.